The zero-order chi connectivity index (χ0) is 30.6. The quantitative estimate of drug-likeness (QED) is 0.108. The Balaban J connectivity index is 1.26. The summed E-state index contributed by atoms with van der Waals surface area (Å²) in [7, 11) is -2.94. The highest BCUT2D eigenvalue weighted by Crippen LogP contribution is 2.67. The Labute approximate surface area is 256 Å². The first-order valence-electron chi connectivity index (χ1n) is 12.6. The van der Waals surface area contributed by atoms with E-state index in [1.54, 1.807) is 0 Å². The van der Waals surface area contributed by atoms with Gasteiger partial charge in [-0.3, -0.25) is 23.5 Å². The van der Waals surface area contributed by atoms with Gasteiger partial charge >= 0.3 is 0 Å². The van der Waals surface area contributed by atoms with Crippen LogP contribution in [0.5, 0.6) is 0 Å². The van der Waals surface area contributed by atoms with E-state index in [2.05, 4.69) is 54.4 Å². The second kappa shape index (κ2) is 11.9. The third kappa shape index (κ3) is 5.70. The maximum absolute atomic E-state index is 15.8. The molecule has 0 spiro atoms. The van der Waals surface area contributed by atoms with Gasteiger partial charge in [-0.25, -0.2) is 24.3 Å². The minimum Gasteiger partial charge on any atom is -0.395 e. The van der Waals surface area contributed by atoms with Gasteiger partial charge in [0.15, 0.2) is 35.0 Å². The lowest BCUT2D eigenvalue weighted by Crippen LogP contribution is -2.33. The molecule has 6 heterocycles. The Hall–Kier alpha value is -2.22. The molecule has 2 aliphatic rings. The molecule has 23 heteroatoms. The molecule has 0 bridgehead atoms. The maximum Gasteiger partial charge on any atom is 0.280 e. The van der Waals surface area contributed by atoms with Crippen molar-refractivity contribution in [2.45, 2.75) is 47.3 Å². The van der Waals surface area contributed by atoms with E-state index in [-0.39, 0.29) is 52.4 Å². The van der Waals surface area contributed by atoms with Gasteiger partial charge in [-0.15, -0.1) is 11.8 Å². The number of H-pyrrole nitrogens is 1. The van der Waals surface area contributed by atoms with Gasteiger partial charge in [0.2, 0.25) is 13.2 Å². The number of aliphatic hydroxyl groups excluding tert-OH is 1. The van der Waals surface area contributed by atoms with Gasteiger partial charge in [0, 0.05) is 5.25 Å². The van der Waals surface area contributed by atoms with Crippen molar-refractivity contribution in [3.63, 3.8) is 0 Å². The second-order valence-electron chi connectivity index (χ2n) is 9.71. The lowest BCUT2D eigenvalue weighted by molar-refractivity contribution is -0.0376. The van der Waals surface area contributed by atoms with E-state index in [0.29, 0.717) is 0 Å². The molecule has 4 aromatic rings. The largest absolute Gasteiger partial charge is 0.395 e. The first-order chi connectivity index (χ1) is 20.5. The molecule has 17 nitrogen and oxygen atoms in total. The zero-order valence-corrected chi connectivity index (χ0v) is 26.2. The highest BCUT2D eigenvalue weighted by molar-refractivity contribution is 8.46. The minimum atomic E-state index is -3.88. The van der Waals surface area contributed by atoms with Crippen molar-refractivity contribution in [2.24, 2.45) is 0 Å². The van der Waals surface area contributed by atoms with Gasteiger partial charge in [0.1, 0.15) is 24.1 Å². The van der Waals surface area contributed by atoms with Crippen LogP contribution in [0.25, 0.3) is 22.3 Å². The van der Waals surface area contributed by atoms with Crippen LogP contribution in [0.3, 0.4) is 0 Å². The van der Waals surface area contributed by atoms with Crippen LogP contribution in [0.4, 0.5) is 16.2 Å². The minimum absolute atomic E-state index is 0.0244. The number of nitrogens with two attached hydrogens (primary N) is 2. The third-order valence-electron chi connectivity index (χ3n) is 7.10. The summed E-state index contributed by atoms with van der Waals surface area (Å²) >= 11 is 9.49. The van der Waals surface area contributed by atoms with Crippen LogP contribution < -0.4 is 17.0 Å². The van der Waals surface area contributed by atoms with Crippen LogP contribution in [0, 0.1) is 0 Å². The number of hydrogen-bond donors (Lipinski definition) is 6. The molecule has 6 rings (SSSR count). The van der Waals surface area contributed by atoms with Gasteiger partial charge < -0.3 is 34.9 Å². The molecule has 0 saturated carbocycles. The molecule has 232 valence electrons. The molecule has 0 aromatic carbocycles. The predicted octanol–water partition coefficient (Wildman–Crippen LogP) is 1.57. The van der Waals surface area contributed by atoms with Crippen LogP contribution in [-0.4, -0.2) is 86.6 Å². The number of fused-ring (bicyclic) bond motifs is 2. The normalized spacial score (nSPS) is 29.8. The lowest BCUT2D eigenvalue weighted by atomic mass is 10.1. The Bertz CT molecular complexity index is 1810. The van der Waals surface area contributed by atoms with Crippen LogP contribution in [-0.2, 0) is 22.9 Å². The van der Waals surface area contributed by atoms with Gasteiger partial charge in [0.05, 0.1) is 36.9 Å². The number of nitrogens with one attached hydrogen (secondary N) is 1. The number of imidazole rings is 2. The fraction of sp³-hybridized carbons (Fsp3) is 0.500. The lowest BCUT2D eigenvalue weighted by Gasteiger charge is -2.27. The number of hydrogen-bond acceptors (Lipinski definition) is 15. The number of thioether (sulfide) groups is 1. The number of nitrogen functional groups attached to an aromatic ring is 2. The van der Waals surface area contributed by atoms with Crippen LogP contribution in [0.1, 0.15) is 18.0 Å². The summed E-state index contributed by atoms with van der Waals surface area (Å²) in [5, 5.41) is 8.87. The van der Waals surface area contributed by atoms with Gasteiger partial charge in [-0.1, -0.05) is 24.5 Å². The van der Waals surface area contributed by atoms with E-state index in [1.165, 1.54) is 39.9 Å². The number of rotatable bonds is 9. The Kier molecular flexibility index (Phi) is 8.55. The summed E-state index contributed by atoms with van der Waals surface area (Å²) in [6.07, 6.45) is -1.80. The summed E-state index contributed by atoms with van der Waals surface area (Å²) in [6, 6.07) is 0. The van der Waals surface area contributed by atoms with Crippen molar-refractivity contribution in [1.82, 2.24) is 39.0 Å². The molecule has 2 saturated heterocycles. The number of alkyl halides is 1. The summed E-state index contributed by atoms with van der Waals surface area (Å²) in [4.78, 5) is 35.1. The van der Waals surface area contributed by atoms with Crippen LogP contribution >= 0.6 is 50.1 Å². The molecule has 0 aliphatic carbocycles. The van der Waals surface area contributed by atoms with E-state index < -0.39 is 61.6 Å². The van der Waals surface area contributed by atoms with Crippen molar-refractivity contribution in [1.29, 1.82) is 0 Å². The molecule has 4 aromatic heterocycles. The highest BCUT2D eigenvalue weighted by atomic mass is 32.7. The number of aromatic amines is 1. The topological polar surface area (TPSA) is 241 Å². The molecule has 43 heavy (non-hydrogen) atoms. The van der Waals surface area contributed by atoms with Gasteiger partial charge in [-0.05, 0) is 6.42 Å². The van der Waals surface area contributed by atoms with E-state index in [4.69, 9.17) is 25.3 Å². The number of aliphatic hydroxyl groups is 1. The molecule has 0 radical (unpaired) electrons. The van der Waals surface area contributed by atoms with Gasteiger partial charge in [0.25, 0.3) is 12.1 Å². The summed E-state index contributed by atoms with van der Waals surface area (Å²) in [6.45, 7) is -4.58. The SMILES string of the molecule is Nc1nc2c(ncn2[C@@H]2S[C@H](CO)C[C@H]2P(=O)(S)OC[C@H]2O[C@@H](n3cnc4c(N)ncnc43)[C@@H](F)[C@@H]2O[PH](=O)S)c(=O)[nH]1. The van der Waals surface area contributed by atoms with Crippen molar-refractivity contribution < 1.29 is 32.4 Å². The van der Waals surface area contributed by atoms with Crippen molar-refractivity contribution in [3.8, 4) is 0 Å². The molecule has 6 N–H and O–H groups in total. The molecule has 2 fully saturated rings. The number of anilines is 2. The van der Waals surface area contributed by atoms with Crippen LogP contribution in [0.15, 0.2) is 23.8 Å². The van der Waals surface area contributed by atoms with Crippen molar-refractivity contribution >= 4 is 84.2 Å². The first-order valence-corrected chi connectivity index (χ1v) is 19.0. The average molecular weight is 695 g/mol. The first kappa shape index (κ1) is 30.8. The van der Waals surface area contributed by atoms with Gasteiger partial charge in [-0.2, -0.15) is 4.98 Å². The highest BCUT2D eigenvalue weighted by Gasteiger charge is 2.51. The summed E-state index contributed by atoms with van der Waals surface area (Å²) < 4.78 is 61.6. The van der Waals surface area contributed by atoms with E-state index in [9.17, 15) is 19.0 Å². The Morgan fingerprint density at radius 3 is 2.72 bits per heavy atom. The maximum atomic E-state index is 15.8. The Morgan fingerprint density at radius 1 is 1.23 bits per heavy atom. The molecule has 9 atom stereocenters. The molecule has 2 unspecified atom stereocenters. The number of aromatic nitrogens is 8. The predicted molar refractivity (Wildman–Crippen MR) is 162 cm³/mol. The number of nitrogens with zero attached hydrogens (tertiary/aromatic N) is 7. The fourth-order valence-corrected chi connectivity index (χ4v) is 10.9. The third-order valence-corrected chi connectivity index (χ3v) is 12.7. The summed E-state index contributed by atoms with van der Waals surface area (Å²) in [5.41, 5.74) is 10.8. The van der Waals surface area contributed by atoms with E-state index in [0.717, 1.165) is 0 Å². The number of halogens is 1. The standard InChI is InChI=1S/C20H25FN10O7P2S3/c21-10-13(38-39(34)41)8(37-18(10)30-5-26-11-14(22)24-4-25-15(11)30)3-36-40(35,42)9-1-7(2-32)43-19(9)31-6-27-12-16(31)28-20(23)29-17(12)33/h4-10,13,18-19,32,39H,1-3H2,(H,34,41)(H,35,42)(H2,22,24,25)(H3,23,28,29,33)/t7-,8+,9+,10-,13+,18+,19+,40?/m0/s1. The van der Waals surface area contributed by atoms with E-state index in [1.807, 2.05) is 0 Å². The van der Waals surface area contributed by atoms with E-state index >= 15 is 4.39 Å². The number of thiol groups is 2. The molecule has 0 amide bonds. The van der Waals surface area contributed by atoms with Crippen LogP contribution in [0.2, 0.25) is 0 Å². The number of ether oxygens (including phenoxy) is 1. The fourth-order valence-electron chi connectivity index (χ4n) is 5.16. The Morgan fingerprint density at radius 2 is 1.98 bits per heavy atom. The molecular formula is C20H25FN10O7P2S3. The monoisotopic (exact) mass is 694 g/mol. The zero-order valence-electron chi connectivity index (χ0n) is 21.7. The second-order valence-corrected chi connectivity index (χ2v) is 16.7. The average Bonchev–Trinajstić information content (AvgIpc) is 3.73. The summed E-state index contributed by atoms with van der Waals surface area (Å²) in [5.74, 6) is -0.0505. The van der Waals surface area contributed by atoms with Crippen molar-refractivity contribution in [3.05, 3.63) is 29.3 Å². The smallest absolute Gasteiger partial charge is 0.280 e. The molecular weight excluding hydrogens is 669 g/mol. The molecule has 2 aliphatic heterocycles. The van der Waals surface area contributed by atoms with Crippen molar-refractivity contribution in [2.75, 3.05) is 24.7 Å².